The number of aliphatic carboxylic acids is 2. The molecule has 2 aromatic carbocycles. The van der Waals surface area contributed by atoms with Gasteiger partial charge >= 0.3 is 11.9 Å². The molecule has 0 heterocycles. The summed E-state index contributed by atoms with van der Waals surface area (Å²) in [5.41, 5.74) is -0.192. The first kappa shape index (κ1) is 18.7. The fraction of sp³-hybridized carbons (Fsp3) is 0.111. The van der Waals surface area contributed by atoms with Crippen molar-refractivity contribution in [2.75, 3.05) is 13.2 Å². The molecule has 0 amide bonds. The first-order chi connectivity index (χ1) is 12.4. The highest BCUT2D eigenvalue weighted by Crippen LogP contribution is 2.20. The number of carbonyl (C=O) groups is 4. The number of ketones is 2. The first-order valence-electron chi connectivity index (χ1n) is 7.40. The van der Waals surface area contributed by atoms with Crippen LogP contribution >= 0.6 is 0 Å². The van der Waals surface area contributed by atoms with Gasteiger partial charge < -0.3 is 19.7 Å². The summed E-state index contributed by atoms with van der Waals surface area (Å²) >= 11 is 0. The molecule has 0 bridgehead atoms. The Hall–Kier alpha value is -3.68. The van der Waals surface area contributed by atoms with E-state index in [0.717, 1.165) is 0 Å². The van der Waals surface area contributed by atoms with Gasteiger partial charge in [0.05, 0.1) is 11.1 Å². The molecule has 2 aromatic rings. The molecule has 2 N–H and O–H groups in total. The molecule has 0 aliphatic carbocycles. The summed E-state index contributed by atoms with van der Waals surface area (Å²) in [6.07, 6.45) is 0. The molecule has 8 nitrogen and oxygen atoms in total. The summed E-state index contributed by atoms with van der Waals surface area (Å²) in [6, 6.07) is 11.7. The van der Waals surface area contributed by atoms with E-state index in [4.69, 9.17) is 19.7 Å². The molecule has 0 saturated heterocycles. The van der Waals surface area contributed by atoms with Crippen LogP contribution in [0, 0.1) is 0 Å². The number of hydrogen-bond acceptors (Lipinski definition) is 6. The average molecular weight is 358 g/mol. The molecule has 0 aliphatic heterocycles. The number of carboxylic acid groups (broad SMARTS) is 2. The van der Waals surface area contributed by atoms with Crippen molar-refractivity contribution in [3.05, 3.63) is 59.7 Å². The second-order valence-corrected chi connectivity index (χ2v) is 4.96. The molecule has 0 spiro atoms. The molecule has 0 saturated carbocycles. The molecular weight excluding hydrogens is 344 g/mol. The van der Waals surface area contributed by atoms with E-state index in [1.165, 1.54) is 36.4 Å². The number of Topliss-reactive ketones (excluding diaryl/α,β-unsaturated/α-hetero) is 2. The van der Waals surface area contributed by atoms with Crippen LogP contribution in [0.1, 0.15) is 20.7 Å². The lowest BCUT2D eigenvalue weighted by Crippen LogP contribution is -2.17. The maximum Gasteiger partial charge on any atom is 0.377 e. The van der Waals surface area contributed by atoms with Gasteiger partial charge in [0.15, 0.2) is 0 Å². The molecule has 8 heteroatoms. The van der Waals surface area contributed by atoms with Gasteiger partial charge in [0.1, 0.15) is 24.7 Å². The smallest absolute Gasteiger partial charge is 0.377 e. The van der Waals surface area contributed by atoms with Crippen LogP contribution in [0.15, 0.2) is 48.5 Å². The van der Waals surface area contributed by atoms with Gasteiger partial charge in [0.2, 0.25) is 0 Å². The lowest BCUT2D eigenvalue weighted by atomic mass is 10.1. The molecular formula is C18H14O8. The lowest BCUT2D eigenvalue weighted by Gasteiger charge is -2.12. The Morgan fingerprint density at radius 3 is 1.35 bits per heavy atom. The highest BCUT2D eigenvalue weighted by molar-refractivity contribution is 6.41. The van der Waals surface area contributed by atoms with Gasteiger partial charge in [0.25, 0.3) is 11.6 Å². The Morgan fingerprint density at radius 1 is 0.654 bits per heavy atom. The maximum atomic E-state index is 11.6. The summed E-state index contributed by atoms with van der Waals surface area (Å²) < 4.78 is 10.7. The largest absolute Gasteiger partial charge is 0.489 e. The van der Waals surface area contributed by atoms with Crippen molar-refractivity contribution in [2.24, 2.45) is 0 Å². The second-order valence-electron chi connectivity index (χ2n) is 4.96. The topological polar surface area (TPSA) is 127 Å². The highest BCUT2D eigenvalue weighted by atomic mass is 16.5. The zero-order valence-electron chi connectivity index (χ0n) is 13.4. The minimum absolute atomic E-state index is 0.0560. The van der Waals surface area contributed by atoms with Crippen LogP contribution < -0.4 is 9.47 Å². The third-order valence-electron chi connectivity index (χ3n) is 3.25. The van der Waals surface area contributed by atoms with Crippen molar-refractivity contribution >= 4 is 23.5 Å². The zero-order valence-corrected chi connectivity index (χ0v) is 13.4. The molecule has 0 unspecified atom stereocenters. The summed E-state index contributed by atoms with van der Waals surface area (Å²) in [7, 11) is 0. The Labute approximate surface area is 147 Å². The monoisotopic (exact) mass is 358 g/mol. The van der Waals surface area contributed by atoms with Crippen LogP contribution in [0.4, 0.5) is 0 Å². The van der Waals surface area contributed by atoms with Crippen molar-refractivity contribution < 1.29 is 38.9 Å². The van der Waals surface area contributed by atoms with Crippen LogP contribution in [0.2, 0.25) is 0 Å². The Balaban J connectivity index is 2.01. The van der Waals surface area contributed by atoms with Crippen molar-refractivity contribution in [3.63, 3.8) is 0 Å². The van der Waals surface area contributed by atoms with E-state index in [2.05, 4.69) is 0 Å². The van der Waals surface area contributed by atoms with E-state index in [1.54, 1.807) is 12.1 Å². The molecule has 26 heavy (non-hydrogen) atoms. The number of carbonyl (C=O) groups excluding carboxylic acids is 2. The third kappa shape index (κ3) is 4.44. The minimum atomic E-state index is -1.60. The summed E-state index contributed by atoms with van der Waals surface area (Å²) in [4.78, 5) is 44.8. The molecule has 0 fully saturated rings. The Kier molecular flexibility index (Phi) is 6.05. The minimum Gasteiger partial charge on any atom is -0.489 e. The van der Waals surface area contributed by atoms with Gasteiger partial charge in [-0.15, -0.1) is 0 Å². The summed E-state index contributed by atoms with van der Waals surface area (Å²) in [6.45, 7) is -0.112. The van der Waals surface area contributed by atoms with Gasteiger partial charge in [-0.3, -0.25) is 9.59 Å². The van der Waals surface area contributed by atoms with Gasteiger partial charge in [-0.25, -0.2) is 9.59 Å². The lowest BCUT2D eigenvalue weighted by molar-refractivity contribution is -0.132. The predicted molar refractivity (Wildman–Crippen MR) is 87.8 cm³/mol. The van der Waals surface area contributed by atoms with Crippen molar-refractivity contribution in [3.8, 4) is 11.5 Å². The van der Waals surface area contributed by atoms with E-state index in [9.17, 15) is 19.2 Å². The maximum absolute atomic E-state index is 11.6. The molecule has 134 valence electrons. The number of benzene rings is 2. The molecule has 0 atom stereocenters. The zero-order chi connectivity index (χ0) is 19.1. The highest BCUT2D eigenvalue weighted by Gasteiger charge is 2.20. The fourth-order valence-electron chi connectivity index (χ4n) is 2.09. The fourth-order valence-corrected chi connectivity index (χ4v) is 2.09. The number of ether oxygens (including phenoxy) is 2. The van der Waals surface area contributed by atoms with Crippen LogP contribution in [-0.4, -0.2) is 46.9 Å². The van der Waals surface area contributed by atoms with Gasteiger partial charge in [-0.1, -0.05) is 24.3 Å². The number of carboxylic acids is 2. The van der Waals surface area contributed by atoms with Gasteiger partial charge in [-0.05, 0) is 24.3 Å². The third-order valence-corrected chi connectivity index (χ3v) is 3.25. The van der Waals surface area contributed by atoms with Crippen LogP contribution in [-0.2, 0) is 9.59 Å². The van der Waals surface area contributed by atoms with Crippen LogP contribution in [0.25, 0.3) is 0 Å². The van der Waals surface area contributed by atoms with Crippen LogP contribution in [0.3, 0.4) is 0 Å². The van der Waals surface area contributed by atoms with E-state index in [1.807, 2.05) is 0 Å². The quantitative estimate of drug-likeness (QED) is 0.394. The first-order valence-corrected chi connectivity index (χ1v) is 7.40. The van der Waals surface area contributed by atoms with Gasteiger partial charge in [0, 0.05) is 0 Å². The van der Waals surface area contributed by atoms with Crippen molar-refractivity contribution in [2.45, 2.75) is 0 Å². The van der Waals surface area contributed by atoms with Gasteiger partial charge in [-0.2, -0.15) is 0 Å². The normalized spacial score (nSPS) is 10.0. The molecule has 0 radical (unpaired) electrons. The van der Waals surface area contributed by atoms with E-state index >= 15 is 0 Å². The van der Waals surface area contributed by atoms with E-state index in [-0.39, 0.29) is 35.8 Å². The van der Waals surface area contributed by atoms with Crippen molar-refractivity contribution in [1.82, 2.24) is 0 Å². The molecule has 2 rings (SSSR count). The number of hydrogen-bond donors (Lipinski definition) is 2. The predicted octanol–water partition coefficient (Wildman–Crippen LogP) is 1.68. The number of rotatable bonds is 9. The summed E-state index contributed by atoms with van der Waals surface area (Å²) in [5, 5.41) is 17.6. The standard InChI is InChI=1S/C18H14O8/c19-15(17(21)22)11-5-1-3-7-13(11)25-9-10-26-14-8-4-2-6-12(14)16(20)18(23)24/h1-8H,9-10H2,(H,21,22)(H,23,24). The van der Waals surface area contributed by atoms with E-state index < -0.39 is 23.5 Å². The van der Waals surface area contributed by atoms with Crippen LogP contribution in [0.5, 0.6) is 11.5 Å². The molecule has 0 aliphatic rings. The molecule has 0 aromatic heterocycles. The Bertz CT molecular complexity index is 784. The second kappa shape index (κ2) is 8.43. The average Bonchev–Trinajstić information content (AvgIpc) is 2.64. The van der Waals surface area contributed by atoms with Crippen molar-refractivity contribution in [1.29, 1.82) is 0 Å². The SMILES string of the molecule is O=C(O)C(=O)c1ccccc1OCCOc1ccccc1C(=O)C(=O)O. The van der Waals surface area contributed by atoms with E-state index in [0.29, 0.717) is 0 Å². The summed E-state index contributed by atoms with van der Waals surface area (Å²) in [5.74, 6) is -5.23. The Morgan fingerprint density at radius 2 is 1.00 bits per heavy atom. The number of para-hydroxylation sites is 2.